The standard InChI is InChI=1S/C16H22N2O2/c1-10-4-11(5-10)7-17-9-15(19)18(16(17)20)8-13-3-2-12-6-14(12)13/h11-14H,1-9H2. The number of fused-ring (bicyclic) bond motifs is 1. The third kappa shape index (κ3) is 1.97. The molecule has 0 spiro atoms. The van der Waals surface area contributed by atoms with Crippen LogP contribution in [0.3, 0.4) is 0 Å². The fourth-order valence-corrected chi connectivity index (χ4v) is 4.40. The van der Waals surface area contributed by atoms with E-state index in [0.29, 0.717) is 24.9 Å². The molecule has 4 rings (SSSR count). The van der Waals surface area contributed by atoms with Gasteiger partial charge in [-0.2, -0.15) is 0 Å². The summed E-state index contributed by atoms with van der Waals surface area (Å²) in [7, 11) is 0. The summed E-state index contributed by atoms with van der Waals surface area (Å²) in [5.41, 5.74) is 1.27. The van der Waals surface area contributed by atoms with Gasteiger partial charge in [-0.05, 0) is 55.8 Å². The number of carbonyl (C=O) groups excluding carboxylic acids is 2. The third-order valence-corrected chi connectivity index (χ3v) is 5.67. The smallest absolute Gasteiger partial charge is 0.315 e. The first-order valence-electron chi connectivity index (χ1n) is 7.87. The van der Waals surface area contributed by atoms with Crippen molar-refractivity contribution in [2.24, 2.45) is 23.7 Å². The number of carbonyl (C=O) groups is 2. The average molecular weight is 274 g/mol. The molecule has 4 fully saturated rings. The van der Waals surface area contributed by atoms with Crippen LogP contribution in [0.25, 0.3) is 0 Å². The molecule has 0 aromatic carbocycles. The molecule has 3 amide bonds. The molecule has 0 aromatic heterocycles. The van der Waals surface area contributed by atoms with E-state index in [1.807, 2.05) is 0 Å². The van der Waals surface area contributed by atoms with Crippen LogP contribution in [0.15, 0.2) is 12.2 Å². The maximum absolute atomic E-state index is 12.4. The summed E-state index contributed by atoms with van der Waals surface area (Å²) in [4.78, 5) is 27.8. The summed E-state index contributed by atoms with van der Waals surface area (Å²) >= 11 is 0. The van der Waals surface area contributed by atoms with Gasteiger partial charge in [0.05, 0.1) is 0 Å². The van der Waals surface area contributed by atoms with Gasteiger partial charge in [0.2, 0.25) is 5.91 Å². The second-order valence-corrected chi connectivity index (χ2v) is 7.19. The zero-order valence-electron chi connectivity index (χ0n) is 11.9. The van der Waals surface area contributed by atoms with Crippen molar-refractivity contribution >= 4 is 11.9 Å². The van der Waals surface area contributed by atoms with E-state index in [9.17, 15) is 9.59 Å². The van der Waals surface area contributed by atoms with Crippen molar-refractivity contribution in [3.63, 3.8) is 0 Å². The average Bonchev–Trinajstić information content (AvgIpc) is 2.99. The Labute approximate surface area is 119 Å². The Kier molecular flexibility index (Phi) is 2.69. The molecule has 108 valence electrons. The molecule has 0 aromatic rings. The minimum Gasteiger partial charge on any atom is -0.315 e. The van der Waals surface area contributed by atoms with Crippen LogP contribution < -0.4 is 0 Å². The molecule has 3 saturated carbocycles. The zero-order chi connectivity index (χ0) is 13.9. The molecule has 20 heavy (non-hydrogen) atoms. The van der Waals surface area contributed by atoms with Crippen LogP contribution in [0.2, 0.25) is 0 Å². The molecule has 3 atom stereocenters. The number of hydrogen-bond donors (Lipinski definition) is 0. The molecule has 0 bridgehead atoms. The van der Waals surface area contributed by atoms with Gasteiger partial charge >= 0.3 is 6.03 Å². The van der Waals surface area contributed by atoms with Crippen LogP contribution in [0, 0.1) is 23.7 Å². The molecule has 4 nitrogen and oxygen atoms in total. The lowest BCUT2D eigenvalue weighted by Gasteiger charge is -2.31. The normalized spacial score (nSPS) is 36.6. The van der Waals surface area contributed by atoms with E-state index in [4.69, 9.17) is 0 Å². The van der Waals surface area contributed by atoms with Gasteiger partial charge in [0.15, 0.2) is 0 Å². The fourth-order valence-electron chi connectivity index (χ4n) is 4.40. The highest BCUT2D eigenvalue weighted by molar-refractivity contribution is 6.02. The van der Waals surface area contributed by atoms with Gasteiger partial charge in [0, 0.05) is 13.1 Å². The van der Waals surface area contributed by atoms with Crippen LogP contribution >= 0.6 is 0 Å². The lowest BCUT2D eigenvalue weighted by molar-refractivity contribution is -0.125. The van der Waals surface area contributed by atoms with Crippen LogP contribution in [-0.2, 0) is 4.79 Å². The Balaban J connectivity index is 1.36. The van der Waals surface area contributed by atoms with Crippen molar-refractivity contribution in [1.82, 2.24) is 9.80 Å². The molecule has 1 saturated heterocycles. The van der Waals surface area contributed by atoms with E-state index in [1.165, 1.54) is 29.7 Å². The number of hydrogen-bond acceptors (Lipinski definition) is 2. The summed E-state index contributed by atoms with van der Waals surface area (Å²) in [5, 5.41) is 0. The number of allylic oxidation sites excluding steroid dienone is 1. The highest BCUT2D eigenvalue weighted by Gasteiger charge is 2.50. The SMILES string of the molecule is C=C1CC(CN2CC(=O)N(CC3CCC4CC43)C2=O)C1. The lowest BCUT2D eigenvalue weighted by Crippen LogP contribution is -2.39. The number of imide groups is 1. The molecule has 1 aliphatic heterocycles. The van der Waals surface area contributed by atoms with Crippen molar-refractivity contribution in [1.29, 1.82) is 0 Å². The Morgan fingerprint density at radius 3 is 2.55 bits per heavy atom. The van der Waals surface area contributed by atoms with Crippen molar-refractivity contribution < 1.29 is 9.59 Å². The molecule has 1 heterocycles. The highest BCUT2D eigenvalue weighted by Crippen LogP contribution is 2.55. The minimum absolute atomic E-state index is 0.0113. The van der Waals surface area contributed by atoms with E-state index >= 15 is 0 Å². The Bertz CT molecular complexity index is 479. The molecule has 4 aliphatic rings. The Morgan fingerprint density at radius 2 is 1.95 bits per heavy atom. The minimum atomic E-state index is -0.0448. The van der Waals surface area contributed by atoms with Gasteiger partial charge in [-0.15, -0.1) is 0 Å². The quantitative estimate of drug-likeness (QED) is 0.583. The number of nitrogens with zero attached hydrogens (tertiary/aromatic N) is 2. The van der Waals surface area contributed by atoms with Gasteiger partial charge < -0.3 is 4.90 Å². The van der Waals surface area contributed by atoms with E-state index in [2.05, 4.69) is 6.58 Å². The van der Waals surface area contributed by atoms with Gasteiger partial charge in [0.25, 0.3) is 0 Å². The summed E-state index contributed by atoms with van der Waals surface area (Å²) in [6.07, 6.45) is 5.87. The fraction of sp³-hybridized carbons (Fsp3) is 0.750. The maximum Gasteiger partial charge on any atom is 0.327 e. The molecule has 3 aliphatic carbocycles. The van der Waals surface area contributed by atoms with Crippen molar-refractivity contribution in [2.45, 2.75) is 32.1 Å². The molecule has 3 unspecified atom stereocenters. The van der Waals surface area contributed by atoms with Crippen molar-refractivity contribution in [3.05, 3.63) is 12.2 Å². The molecule has 0 radical (unpaired) electrons. The first-order chi connectivity index (χ1) is 9.61. The summed E-state index contributed by atoms with van der Waals surface area (Å²) in [6, 6.07) is -0.0448. The van der Waals surface area contributed by atoms with Gasteiger partial charge in [-0.25, -0.2) is 4.79 Å². The van der Waals surface area contributed by atoms with Gasteiger partial charge in [0.1, 0.15) is 6.54 Å². The first-order valence-corrected chi connectivity index (χ1v) is 7.87. The monoisotopic (exact) mass is 274 g/mol. The topological polar surface area (TPSA) is 40.6 Å². The van der Waals surface area contributed by atoms with Gasteiger partial charge in [-0.1, -0.05) is 12.2 Å². The van der Waals surface area contributed by atoms with Crippen molar-refractivity contribution in [3.8, 4) is 0 Å². The predicted octanol–water partition coefficient (Wildman–Crippen LogP) is 2.26. The number of urea groups is 1. The molecular formula is C16H22N2O2. The van der Waals surface area contributed by atoms with E-state index in [-0.39, 0.29) is 11.9 Å². The first kappa shape index (κ1) is 12.4. The maximum atomic E-state index is 12.4. The number of amides is 3. The molecular weight excluding hydrogens is 252 g/mol. The van der Waals surface area contributed by atoms with Crippen LogP contribution in [0.4, 0.5) is 4.79 Å². The van der Waals surface area contributed by atoms with E-state index in [1.54, 1.807) is 4.90 Å². The summed E-state index contributed by atoms with van der Waals surface area (Å²) in [6.45, 7) is 5.64. The van der Waals surface area contributed by atoms with E-state index in [0.717, 1.165) is 31.2 Å². The second-order valence-electron chi connectivity index (χ2n) is 7.19. The van der Waals surface area contributed by atoms with Crippen LogP contribution in [0.1, 0.15) is 32.1 Å². The highest BCUT2D eigenvalue weighted by atomic mass is 16.2. The molecule has 4 heteroatoms. The Hall–Kier alpha value is -1.32. The predicted molar refractivity (Wildman–Crippen MR) is 74.9 cm³/mol. The lowest BCUT2D eigenvalue weighted by atomic mass is 9.81. The molecule has 0 N–H and O–H groups in total. The Morgan fingerprint density at radius 1 is 1.15 bits per heavy atom. The van der Waals surface area contributed by atoms with Crippen molar-refractivity contribution in [2.75, 3.05) is 19.6 Å². The third-order valence-electron chi connectivity index (χ3n) is 5.67. The van der Waals surface area contributed by atoms with Crippen LogP contribution in [0.5, 0.6) is 0 Å². The second kappa shape index (κ2) is 4.34. The zero-order valence-corrected chi connectivity index (χ0v) is 11.9. The van der Waals surface area contributed by atoms with Crippen LogP contribution in [-0.4, -0.2) is 41.4 Å². The summed E-state index contributed by atoms with van der Waals surface area (Å²) < 4.78 is 0. The summed E-state index contributed by atoms with van der Waals surface area (Å²) in [5.74, 6) is 2.83. The number of rotatable bonds is 4. The largest absolute Gasteiger partial charge is 0.327 e. The van der Waals surface area contributed by atoms with Gasteiger partial charge in [-0.3, -0.25) is 9.69 Å². The van der Waals surface area contributed by atoms with E-state index < -0.39 is 0 Å².